The second-order valence-electron chi connectivity index (χ2n) is 12.6. The average Bonchev–Trinajstić information content (AvgIpc) is 3.27. The van der Waals surface area contributed by atoms with Crippen molar-refractivity contribution in [1.82, 2.24) is 0 Å². The third-order valence-electron chi connectivity index (χ3n) is 10.9. The molecule has 2 heteroatoms. The van der Waals surface area contributed by atoms with Gasteiger partial charge >= 0.3 is 0 Å². The standard InChI is InChI=1S/C28H44O2/c1-17(2)18(3)7-8-19(4)22-9-10-23-21-15-25-28(30-25)16-20(29)11-14-27(28,6)24(21)12-13-26(22,23)5/h7-8,15,17-20,22-25,29H,9-14,16H2,1-6H3/b8-7+/t18-,19+,20+,22-,23+,24+,25-,26+,27-,28+/m0/s1. The molecule has 1 saturated heterocycles. The number of aliphatic hydroxyl groups is 1. The zero-order valence-corrected chi connectivity index (χ0v) is 20.2. The minimum absolute atomic E-state index is 0.0480. The van der Waals surface area contributed by atoms with Crippen molar-refractivity contribution in [2.75, 3.05) is 0 Å². The van der Waals surface area contributed by atoms with Crippen LogP contribution < -0.4 is 0 Å². The minimum atomic E-state index is -0.163. The monoisotopic (exact) mass is 412 g/mol. The molecule has 5 aliphatic rings. The first-order valence-electron chi connectivity index (χ1n) is 12.9. The molecule has 0 aromatic carbocycles. The van der Waals surface area contributed by atoms with Gasteiger partial charge in [-0.05, 0) is 79.4 Å². The number of hydrogen-bond acceptors (Lipinski definition) is 2. The van der Waals surface area contributed by atoms with E-state index in [9.17, 15) is 5.11 Å². The number of allylic oxidation sites excluding steroid dienone is 3. The van der Waals surface area contributed by atoms with Crippen molar-refractivity contribution >= 4 is 0 Å². The molecule has 2 nitrogen and oxygen atoms in total. The SMILES string of the molecule is CC(C)[C@@H](C)/C=C/[C@@H](C)[C@@H]1CC[C@@H]2C3=C[C@@H]4O[C@]45C[C@H](O)CC[C@@]5(C)[C@@H]3CC[C@@]21C. The zero-order valence-electron chi connectivity index (χ0n) is 20.2. The van der Waals surface area contributed by atoms with Gasteiger partial charge in [-0.2, -0.15) is 0 Å². The van der Waals surface area contributed by atoms with E-state index in [2.05, 4.69) is 59.8 Å². The lowest BCUT2D eigenvalue weighted by Crippen LogP contribution is -2.55. The fourth-order valence-electron chi connectivity index (χ4n) is 8.52. The molecular weight excluding hydrogens is 368 g/mol. The molecule has 4 fully saturated rings. The van der Waals surface area contributed by atoms with E-state index in [1.54, 1.807) is 5.57 Å². The topological polar surface area (TPSA) is 32.8 Å². The Balaban J connectivity index is 1.40. The van der Waals surface area contributed by atoms with Gasteiger partial charge < -0.3 is 9.84 Å². The lowest BCUT2D eigenvalue weighted by atomic mass is 9.47. The highest BCUT2D eigenvalue weighted by Gasteiger charge is 2.73. The maximum Gasteiger partial charge on any atom is 0.107 e. The first-order valence-corrected chi connectivity index (χ1v) is 12.9. The predicted molar refractivity (Wildman–Crippen MR) is 123 cm³/mol. The maximum absolute atomic E-state index is 10.4. The summed E-state index contributed by atoms with van der Waals surface area (Å²) < 4.78 is 6.43. The van der Waals surface area contributed by atoms with Crippen LogP contribution in [0, 0.1) is 46.3 Å². The Morgan fingerprint density at radius 3 is 2.50 bits per heavy atom. The van der Waals surface area contributed by atoms with Crippen molar-refractivity contribution in [3.8, 4) is 0 Å². The van der Waals surface area contributed by atoms with Crippen LogP contribution in [0.1, 0.15) is 86.5 Å². The number of epoxide rings is 1. The lowest BCUT2D eigenvalue weighted by molar-refractivity contribution is -0.0527. The summed E-state index contributed by atoms with van der Waals surface area (Å²) in [6.45, 7) is 14.6. The first-order chi connectivity index (χ1) is 14.1. The van der Waals surface area contributed by atoms with E-state index < -0.39 is 0 Å². The largest absolute Gasteiger partial charge is 0.393 e. The van der Waals surface area contributed by atoms with Crippen LogP contribution in [-0.4, -0.2) is 22.9 Å². The van der Waals surface area contributed by atoms with Gasteiger partial charge in [0.05, 0.1) is 6.10 Å². The van der Waals surface area contributed by atoms with Crippen LogP contribution in [0.5, 0.6) is 0 Å². The molecule has 1 aliphatic heterocycles. The predicted octanol–water partition coefficient (Wildman–Crippen LogP) is 6.54. The van der Waals surface area contributed by atoms with Crippen LogP contribution in [0.4, 0.5) is 0 Å². The van der Waals surface area contributed by atoms with Gasteiger partial charge in [0.1, 0.15) is 11.7 Å². The van der Waals surface area contributed by atoms with Gasteiger partial charge in [-0.1, -0.05) is 65.3 Å². The molecule has 168 valence electrons. The molecular formula is C28H44O2. The van der Waals surface area contributed by atoms with Crippen molar-refractivity contribution < 1.29 is 9.84 Å². The van der Waals surface area contributed by atoms with Crippen LogP contribution in [0.15, 0.2) is 23.8 Å². The number of aliphatic hydroxyl groups excluding tert-OH is 1. The highest BCUT2D eigenvalue weighted by Crippen LogP contribution is 2.72. The molecule has 0 aromatic heterocycles. The number of fused-ring (bicyclic) bond motifs is 4. The Kier molecular flexibility index (Phi) is 4.92. The van der Waals surface area contributed by atoms with Gasteiger partial charge in [0.2, 0.25) is 0 Å². The minimum Gasteiger partial charge on any atom is -0.393 e. The average molecular weight is 413 g/mol. The summed E-state index contributed by atoms with van der Waals surface area (Å²) in [5.41, 5.74) is 2.38. The quantitative estimate of drug-likeness (QED) is 0.420. The van der Waals surface area contributed by atoms with E-state index in [4.69, 9.17) is 4.74 Å². The third-order valence-corrected chi connectivity index (χ3v) is 10.9. The molecule has 0 aromatic rings. The van der Waals surface area contributed by atoms with Crippen LogP contribution in [0.25, 0.3) is 0 Å². The van der Waals surface area contributed by atoms with Gasteiger partial charge in [0.25, 0.3) is 0 Å². The van der Waals surface area contributed by atoms with E-state index in [0.717, 1.165) is 37.0 Å². The van der Waals surface area contributed by atoms with Gasteiger partial charge in [0, 0.05) is 11.8 Å². The van der Waals surface area contributed by atoms with Crippen molar-refractivity contribution in [3.63, 3.8) is 0 Å². The van der Waals surface area contributed by atoms with E-state index in [-0.39, 0.29) is 23.2 Å². The van der Waals surface area contributed by atoms with Crippen LogP contribution in [-0.2, 0) is 4.74 Å². The molecule has 0 bridgehead atoms. The Morgan fingerprint density at radius 2 is 1.77 bits per heavy atom. The van der Waals surface area contributed by atoms with E-state index in [1.165, 1.54) is 25.7 Å². The van der Waals surface area contributed by atoms with Gasteiger partial charge in [0.15, 0.2) is 0 Å². The molecule has 5 rings (SSSR count). The number of ether oxygens (including phenoxy) is 1. The molecule has 0 amide bonds. The molecule has 1 N–H and O–H groups in total. The van der Waals surface area contributed by atoms with Gasteiger partial charge in [-0.25, -0.2) is 0 Å². The summed E-state index contributed by atoms with van der Waals surface area (Å²) >= 11 is 0. The Labute approximate surface area is 184 Å². The molecule has 0 radical (unpaired) electrons. The summed E-state index contributed by atoms with van der Waals surface area (Å²) in [5, 5.41) is 10.4. The summed E-state index contributed by atoms with van der Waals surface area (Å²) in [4.78, 5) is 0. The molecule has 3 saturated carbocycles. The highest BCUT2D eigenvalue weighted by molar-refractivity contribution is 5.38. The van der Waals surface area contributed by atoms with Crippen LogP contribution in [0.2, 0.25) is 0 Å². The second-order valence-corrected chi connectivity index (χ2v) is 12.6. The Hall–Kier alpha value is -0.600. The third kappa shape index (κ3) is 2.81. The van der Waals surface area contributed by atoms with Gasteiger partial charge in [-0.3, -0.25) is 0 Å². The fraction of sp³-hybridized carbons (Fsp3) is 0.857. The summed E-state index contributed by atoms with van der Waals surface area (Å²) in [5.74, 6) is 4.26. The second kappa shape index (κ2) is 6.95. The molecule has 1 heterocycles. The Bertz CT molecular complexity index is 752. The smallest absolute Gasteiger partial charge is 0.107 e. The zero-order chi connectivity index (χ0) is 21.5. The van der Waals surface area contributed by atoms with Crippen LogP contribution >= 0.6 is 0 Å². The molecule has 1 spiro atoms. The maximum atomic E-state index is 10.4. The van der Waals surface area contributed by atoms with E-state index in [1.807, 2.05) is 0 Å². The van der Waals surface area contributed by atoms with Crippen molar-refractivity contribution in [3.05, 3.63) is 23.8 Å². The fourth-order valence-corrected chi connectivity index (χ4v) is 8.52. The normalized spacial score (nSPS) is 51.6. The summed E-state index contributed by atoms with van der Waals surface area (Å²) in [6.07, 6.45) is 16.0. The Morgan fingerprint density at radius 1 is 1.00 bits per heavy atom. The van der Waals surface area contributed by atoms with Crippen molar-refractivity contribution in [2.24, 2.45) is 46.3 Å². The molecule has 30 heavy (non-hydrogen) atoms. The van der Waals surface area contributed by atoms with E-state index >= 15 is 0 Å². The number of hydrogen-bond donors (Lipinski definition) is 1. The molecule has 0 unspecified atom stereocenters. The molecule has 4 aliphatic carbocycles. The highest BCUT2D eigenvalue weighted by atomic mass is 16.6. The number of rotatable bonds is 4. The molecule has 10 atom stereocenters. The van der Waals surface area contributed by atoms with E-state index in [0.29, 0.717) is 23.2 Å². The van der Waals surface area contributed by atoms with Gasteiger partial charge in [-0.15, -0.1) is 0 Å². The summed E-state index contributed by atoms with van der Waals surface area (Å²) in [6, 6.07) is 0. The summed E-state index contributed by atoms with van der Waals surface area (Å²) in [7, 11) is 0. The first kappa shape index (κ1) is 21.3. The van der Waals surface area contributed by atoms with Crippen LogP contribution in [0.3, 0.4) is 0 Å². The lowest BCUT2D eigenvalue weighted by Gasteiger charge is -2.56. The van der Waals surface area contributed by atoms with Crippen molar-refractivity contribution in [1.29, 1.82) is 0 Å². The van der Waals surface area contributed by atoms with Crippen molar-refractivity contribution in [2.45, 2.75) is 104 Å².